The summed E-state index contributed by atoms with van der Waals surface area (Å²) < 4.78 is 5.27. The lowest BCUT2D eigenvalue weighted by molar-refractivity contribution is 0.318. The van der Waals surface area contributed by atoms with E-state index in [2.05, 4.69) is 4.98 Å². The highest BCUT2D eigenvalue weighted by Crippen LogP contribution is 2.40. The number of benzene rings is 1. The zero-order valence-corrected chi connectivity index (χ0v) is 12.7. The maximum atomic E-state index is 11.9. The van der Waals surface area contributed by atoms with E-state index in [1.165, 1.54) is 12.1 Å². The Bertz CT molecular complexity index is 922. The van der Waals surface area contributed by atoms with Crippen molar-refractivity contribution in [2.24, 2.45) is 0 Å². The van der Waals surface area contributed by atoms with Crippen LogP contribution in [0.25, 0.3) is 11.1 Å². The third-order valence-corrected chi connectivity index (χ3v) is 3.37. The van der Waals surface area contributed by atoms with Crippen molar-refractivity contribution in [3.63, 3.8) is 0 Å². The Morgan fingerprint density at radius 3 is 2.57 bits per heavy atom. The Labute approximate surface area is 136 Å². The molecule has 2 rings (SSSR count). The molecule has 0 bridgehead atoms. The first-order chi connectivity index (χ1) is 10.9. The lowest BCUT2D eigenvalue weighted by atomic mass is 9.96. The number of nitrogens with one attached hydrogen (secondary N) is 1. The predicted octanol–water partition coefficient (Wildman–Crippen LogP) is 2.13. The summed E-state index contributed by atoms with van der Waals surface area (Å²) in [5.41, 5.74) is 4.90. The Morgan fingerprint density at radius 2 is 2.00 bits per heavy atom. The number of halogens is 1. The number of aromatic hydroxyl groups is 1. The second-order valence-corrected chi connectivity index (χ2v) is 4.86. The average molecular weight is 331 g/mol. The lowest BCUT2D eigenvalue weighted by Gasteiger charge is -2.13. The number of pyridine rings is 1. The molecule has 1 aromatic heterocycles. The standard InChI is InChI=1S/C15H11ClN4O3/c1-2-23-11-4-7(3-10(16)13(11)21)12-8(5-17)14(19)20-15(22)9(12)6-18/h3-4,21H,2H2,1H3,(H3,19,20,22). The molecular formula is C15H11ClN4O3. The smallest absolute Gasteiger partial charge is 0.268 e. The van der Waals surface area contributed by atoms with Crippen LogP contribution in [0.3, 0.4) is 0 Å². The summed E-state index contributed by atoms with van der Waals surface area (Å²) in [6.45, 7) is 1.98. The minimum atomic E-state index is -0.721. The molecule has 4 N–H and O–H groups in total. The van der Waals surface area contributed by atoms with Gasteiger partial charge in [0.25, 0.3) is 5.56 Å². The summed E-state index contributed by atoms with van der Waals surface area (Å²) in [5.74, 6) is -0.359. The van der Waals surface area contributed by atoms with Crippen LogP contribution < -0.4 is 16.0 Å². The lowest BCUT2D eigenvalue weighted by Crippen LogP contribution is -2.16. The van der Waals surface area contributed by atoms with Crippen LogP contribution in [-0.2, 0) is 0 Å². The second-order valence-electron chi connectivity index (χ2n) is 4.45. The van der Waals surface area contributed by atoms with E-state index in [-0.39, 0.29) is 51.2 Å². The maximum absolute atomic E-state index is 11.9. The van der Waals surface area contributed by atoms with Gasteiger partial charge in [-0.3, -0.25) is 4.79 Å². The number of ether oxygens (including phenoxy) is 1. The van der Waals surface area contributed by atoms with Gasteiger partial charge in [0, 0.05) is 5.56 Å². The van der Waals surface area contributed by atoms with Crippen molar-refractivity contribution in [3.05, 3.63) is 38.6 Å². The highest BCUT2D eigenvalue weighted by atomic mass is 35.5. The van der Waals surface area contributed by atoms with E-state index in [1.54, 1.807) is 13.0 Å². The zero-order valence-electron chi connectivity index (χ0n) is 12.0. The van der Waals surface area contributed by atoms with Gasteiger partial charge in [0.1, 0.15) is 29.1 Å². The van der Waals surface area contributed by atoms with E-state index in [0.717, 1.165) is 0 Å². The molecule has 0 amide bonds. The summed E-state index contributed by atoms with van der Waals surface area (Å²) in [6, 6.07) is 6.33. The number of nitrogens with zero attached hydrogens (tertiary/aromatic N) is 2. The molecule has 0 atom stereocenters. The van der Waals surface area contributed by atoms with Gasteiger partial charge in [0.2, 0.25) is 0 Å². The number of nitrogens with two attached hydrogens (primary N) is 1. The first-order valence-electron chi connectivity index (χ1n) is 6.46. The van der Waals surface area contributed by atoms with Gasteiger partial charge in [0.15, 0.2) is 11.5 Å². The van der Waals surface area contributed by atoms with Gasteiger partial charge in [-0.15, -0.1) is 0 Å². The van der Waals surface area contributed by atoms with Crippen molar-refractivity contribution >= 4 is 17.4 Å². The Hall–Kier alpha value is -3.16. The van der Waals surface area contributed by atoms with Gasteiger partial charge in [-0.05, 0) is 24.6 Å². The SMILES string of the molecule is CCOc1cc(-c2c(C#N)c(N)[nH]c(=O)c2C#N)cc(Cl)c1O. The van der Waals surface area contributed by atoms with Crippen molar-refractivity contribution in [2.75, 3.05) is 12.3 Å². The molecule has 0 unspecified atom stereocenters. The number of nitrogen functional groups attached to an aromatic ring is 1. The van der Waals surface area contributed by atoms with Crippen LogP contribution >= 0.6 is 11.6 Å². The molecule has 0 radical (unpaired) electrons. The van der Waals surface area contributed by atoms with Gasteiger partial charge in [-0.2, -0.15) is 10.5 Å². The molecular weight excluding hydrogens is 320 g/mol. The summed E-state index contributed by atoms with van der Waals surface area (Å²) >= 11 is 5.96. The normalized spacial score (nSPS) is 9.91. The molecule has 116 valence electrons. The van der Waals surface area contributed by atoms with Crippen molar-refractivity contribution in [1.29, 1.82) is 10.5 Å². The third kappa shape index (κ3) is 2.78. The number of nitriles is 2. The Balaban J connectivity index is 2.90. The molecule has 7 nitrogen and oxygen atoms in total. The number of phenolic OH excluding ortho intramolecular Hbond substituents is 1. The molecule has 0 aliphatic heterocycles. The van der Waals surface area contributed by atoms with Crippen LogP contribution in [0.4, 0.5) is 5.82 Å². The third-order valence-electron chi connectivity index (χ3n) is 3.09. The second kappa shape index (κ2) is 6.30. The van der Waals surface area contributed by atoms with E-state index in [9.17, 15) is 20.4 Å². The first-order valence-corrected chi connectivity index (χ1v) is 6.84. The molecule has 1 heterocycles. The van der Waals surface area contributed by atoms with E-state index in [4.69, 9.17) is 22.1 Å². The molecule has 0 aliphatic rings. The summed E-state index contributed by atoms with van der Waals surface area (Å²) in [7, 11) is 0. The number of phenols is 1. The van der Waals surface area contributed by atoms with Gasteiger partial charge in [0.05, 0.1) is 11.6 Å². The topological polar surface area (TPSA) is 136 Å². The van der Waals surface area contributed by atoms with E-state index < -0.39 is 5.56 Å². The van der Waals surface area contributed by atoms with Crippen molar-refractivity contribution < 1.29 is 9.84 Å². The van der Waals surface area contributed by atoms with Crippen LogP contribution in [-0.4, -0.2) is 16.7 Å². The fourth-order valence-electron chi connectivity index (χ4n) is 2.12. The molecule has 0 aliphatic carbocycles. The molecule has 0 saturated carbocycles. The number of hydrogen-bond acceptors (Lipinski definition) is 6. The molecule has 1 aromatic carbocycles. The van der Waals surface area contributed by atoms with Gasteiger partial charge in [-0.25, -0.2) is 0 Å². The molecule has 0 saturated heterocycles. The molecule has 0 spiro atoms. The molecule has 23 heavy (non-hydrogen) atoms. The van der Waals surface area contributed by atoms with Crippen molar-refractivity contribution in [3.8, 4) is 34.8 Å². The van der Waals surface area contributed by atoms with Crippen LogP contribution in [0.2, 0.25) is 5.02 Å². The largest absolute Gasteiger partial charge is 0.503 e. The average Bonchev–Trinajstić information content (AvgIpc) is 2.51. The number of aromatic amines is 1. The highest BCUT2D eigenvalue weighted by Gasteiger charge is 2.20. The Kier molecular flexibility index (Phi) is 4.44. The number of H-pyrrole nitrogens is 1. The zero-order chi connectivity index (χ0) is 17.1. The predicted molar refractivity (Wildman–Crippen MR) is 84.2 cm³/mol. The minimum absolute atomic E-state index is 0.0408. The molecule has 8 heteroatoms. The molecule has 2 aromatic rings. The maximum Gasteiger partial charge on any atom is 0.268 e. The fourth-order valence-corrected chi connectivity index (χ4v) is 2.33. The van der Waals surface area contributed by atoms with Crippen molar-refractivity contribution in [1.82, 2.24) is 4.98 Å². The molecule has 0 fully saturated rings. The number of aromatic nitrogens is 1. The number of rotatable bonds is 3. The van der Waals surface area contributed by atoms with Gasteiger partial charge in [-0.1, -0.05) is 11.6 Å². The van der Waals surface area contributed by atoms with E-state index >= 15 is 0 Å². The van der Waals surface area contributed by atoms with Crippen LogP contribution in [0.15, 0.2) is 16.9 Å². The number of anilines is 1. The Morgan fingerprint density at radius 1 is 1.35 bits per heavy atom. The summed E-state index contributed by atoms with van der Waals surface area (Å²) in [6.07, 6.45) is 0. The van der Waals surface area contributed by atoms with E-state index in [1.807, 2.05) is 6.07 Å². The van der Waals surface area contributed by atoms with Crippen molar-refractivity contribution in [2.45, 2.75) is 6.92 Å². The first kappa shape index (κ1) is 16.2. The fraction of sp³-hybridized carbons (Fsp3) is 0.133. The van der Waals surface area contributed by atoms with Gasteiger partial charge >= 0.3 is 0 Å². The van der Waals surface area contributed by atoms with Crippen LogP contribution in [0.1, 0.15) is 18.1 Å². The van der Waals surface area contributed by atoms with Crippen LogP contribution in [0.5, 0.6) is 11.5 Å². The highest BCUT2D eigenvalue weighted by molar-refractivity contribution is 6.32. The quantitative estimate of drug-likeness (QED) is 0.788. The minimum Gasteiger partial charge on any atom is -0.503 e. The van der Waals surface area contributed by atoms with Gasteiger partial charge < -0.3 is 20.6 Å². The van der Waals surface area contributed by atoms with E-state index in [0.29, 0.717) is 0 Å². The summed E-state index contributed by atoms with van der Waals surface area (Å²) in [5, 5.41) is 28.4. The monoisotopic (exact) mass is 330 g/mol. The number of hydrogen-bond donors (Lipinski definition) is 3. The van der Waals surface area contributed by atoms with Crippen LogP contribution in [0, 0.1) is 22.7 Å². The summed E-state index contributed by atoms with van der Waals surface area (Å²) in [4.78, 5) is 14.2.